The van der Waals surface area contributed by atoms with Gasteiger partial charge in [-0.1, -0.05) is 54.0 Å². The molecule has 26 heavy (non-hydrogen) atoms. The Hall–Kier alpha value is -2.08. The van der Waals surface area contributed by atoms with E-state index in [-0.39, 0.29) is 0 Å². The van der Waals surface area contributed by atoms with Crippen LogP contribution in [0, 0.1) is 0 Å². The number of hydrogen-bond donors (Lipinski definition) is 0. The van der Waals surface area contributed by atoms with E-state index in [1.807, 2.05) is 54.6 Å². The molecular formula is C19H14Cl2N4S. The zero-order valence-corrected chi connectivity index (χ0v) is 16.2. The standard InChI is InChI=1S/C19H14Cl2N4S/c1-2-26-19-22-17-11-16(12-3-7-14(20)8-4-12)24-25(17)18(23-19)13-5-9-15(21)10-6-13/h3-11H,2H2,1H3. The highest BCUT2D eigenvalue weighted by Crippen LogP contribution is 2.27. The molecule has 2 aromatic heterocycles. The van der Waals surface area contributed by atoms with Crippen molar-refractivity contribution in [1.29, 1.82) is 0 Å². The quantitative estimate of drug-likeness (QED) is 0.401. The minimum atomic E-state index is 0.685. The van der Waals surface area contributed by atoms with Crippen molar-refractivity contribution in [2.24, 2.45) is 0 Å². The maximum atomic E-state index is 6.03. The van der Waals surface area contributed by atoms with Crippen LogP contribution in [-0.2, 0) is 0 Å². The Morgan fingerprint density at radius 2 is 1.50 bits per heavy atom. The van der Waals surface area contributed by atoms with Crippen LogP contribution in [0.5, 0.6) is 0 Å². The summed E-state index contributed by atoms with van der Waals surface area (Å²) in [6, 6.07) is 17.1. The van der Waals surface area contributed by atoms with Gasteiger partial charge in [-0.25, -0.2) is 9.97 Å². The van der Waals surface area contributed by atoms with Crippen LogP contribution >= 0.6 is 35.0 Å². The zero-order chi connectivity index (χ0) is 18.1. The van der Waals surface area contributed by atoms with Crippen LogP contribution in [0.3, 0.4) is 0 Å². The molecule has 0 amide bonds. The zero-order valence-electron chi connectivity index (χ0n) is 13.9. The Bertz CT molecular complexity index is 1060. The van der Waals surface area contributed by atoms with E-state index >= 15 is 0 Å². The fourth-order valence-electron chi connectivity index (χ4n) is 2.61. The first-order valence-electron chi connectivity index (χ1n) is 8.06. The Labute approximate surface area is 165 Å². The highest BCUT2D eigenvalue weighted by atomic mass is 35.5. The van der Waals surface area contributed by atoms with Crippen molar-refractivity contribution in [1.82, 2.24) is 19.6 Å². The lowest BCUT2D eigenvalue weighted by atomic mass is 10.2. The van der Waals surface area contributed by atoms with Crippen molar-refractivity contribution >= 4 is 40.6 Å². The van der Waals surface area contributed by atoms with Gasteiger partial charge in [0.2, 0.25) is 0 Å². The third kappa shape index (κ3) is 3.43. The van der Waals surface area contributed by atoms with Gasteiger partial charge in [0.1, 0.15) is 0 Å². The maximum Gasteiger partial charge on any atom is 0.191 e. The van der Waals surface area contributed by atoms with Crippen molar-refractivity contribution in [3.8, 4) is 22.6 Å². The average molecular weight is 401 g/mol. The molecule has 0 unspecified atom stereocenters. The molecule has 4 aromatic rings. The molecule has 130 valence electrons. The molecule has 2 aromatic carbocycles. The third-order valence-corrected chi connectivity index (χ3v) is 5.05. The van der Waals surface area contributed by atoms with Gasteiger partial charge in [0, 0.05) is 27.2 Å². The molecule has 0 N–H and O–H groups in total. The lowest BCUT2D eigenvalue weighted by Gasteiger charge is -2.06. The summed E-state index contributed by atoms with van der Waals surface area (Å²) in [5.41, 5.74) is 3.49. The predicted octanol–water partition coefficient (Wildman–Crippen LogP) is 5.88. The second-order valence-corrected chi connectivity index (χ2v) is 7.68. The molecule has 0 radical (unpaired) electrons. The normalized spacial score (nSPS) is 11.2. The predicted molar refractivity (Wildman–Crippen MR) is 108 cm³/mol. The molecule has 0 aliphatic heterocycles. The number of fused-ring (bicyclic) bond motifs is 1. The first-order valence-corrected chi connectivity index (χ1v) is 9.80. The number of aromatic nitrogens is 4. The summed E-state index contributed by atoms with van der Waals surface area (Å²) in [5.74, 6) is 1.64. The van der Waals surface area contributed by atoms with E-state index in [1.54, 1.807) is 16.3 Å². The Balaban J connectivity index is 1.90. The van der Waals surface area contributed by atoms with Gasteiger partial charge in [-0.05, 0) is 42.2 Å². The summed E-state index contributed by atoms with van der Waals surface area (Å²) in [5, 5.41) is 6.83. The van der Waals surface area contributed by atoms with Crippen molar-refractivity contribution in [2.75, 3.05) is 5.75 Å². The van der Waals surface area contributed by atoms with E-state index in [0.717, 1.165) is 39.2 Å². The number of rotatable bonds is 4. The van der Waals surface area contributed by atoms with Crippen LogP contribution in [0.15, 0.2) is 59.8 Å². The first-order chi connectivity index (χ1) is 12.6. The van der Waals surface area contributed by atoms with Crippen LogP contribution in [-0.4, -0.2) is 25.3 Å². The summed E-state index contributed by atoms with van der Waals surface area (Å²) in [4.78, 5) is 9.33. The molecule has 0 fully saturated rings. The molecule has 4 nitrogen and oxygen atoms in total. The highest BCUT2D eigenvalue weighted by Gasteiger charge is 2.14. The summed E-state index contributed by atoms with van der Waals surface area (Å²) >= 11 is 13.6. The molecule has 4 rings (SSSR count). The fraction of sp³-hybridized carbons (Fsp3) is 0.105. The van der Waals surface area contributed by atoms with Gasteiger partial charge in [0.15, 0.2) is 16.6 Å². The molecule has 0 atom stereocenters. The summed E-state index contributed by atoms with van der Waals surface area (Å²) in [7, 11) is 0. The molecule has 7 heteroatoms. The molecule has 0 spiro atoms. The number of thioether (sulfide) groups is 1. The molecule has 0 bridgehead atoms. The van der Waals surface area contributed by atoms with Crippen LogP contribution in [0.25, 0.3) is 28.3 Å². The number of benzene rings is 2. The number of nitrogens with zero attached hydrogens (tertiary/aromatic N) is 4. The highest BCUT2D eigenvalue weighted by molar-refractivity contribution is 7.99. The van der Waals surface area contributed by atoms with Crippen molar-refractivity contribution in [3.05, 3.63) is 64.6 Å². The Kier molecular flexibility index (Phi) is 4.85. The minimum Gasteiger partial charge on any atom is -0.203 e. The largest absolute Gasteiger partial charge is 0.203 e. The van der Waals surface area contributed by atoms with Gasteiger partial charge in [0.25, 0.3) is 0 Å². The van der Waals surface area contributed by atoms with Gasteiger partial charge in [0.05, 0.1) is 5.69 Å². The molecule has 2 heterocycles. The molecule has 0 saturated heterocycles. The average Bonchev–Trinajstić information content (AvgIpc) is 3.07. The molecule has 0 aliphatic carbocycles. The summed E-state index contributed by atoms with van der Waals surface area (Å²) < 4.78 is 1.77. The van der Waals surface area contributed by atoms with Gasteiger partial charge in [-0.3, -0.25) is 0 Å². The van der Waals surface area contributed by atoms with E-state index in [0.29, 0.717) is 10.0 Å². The second kappa shape index (κ2) is 7.27. The summed E-state index contributed by atoms with van der Waals surface area (Å²) in [6.45, 7) is 2.08. The molecule has 0 saturated carbocycles. The second-order valence-electron chi connectivity index (χ2n) is 5.58. The smallest absolute Gasteiger partial charge is 0.191 e. The third-order valence-electron chi connectivity index (χ3n) is 3.82. The molecular weight excluding hydrogens is 387 g/mol. The lowest BCUT2D eigenvalue weighted by molar-refractivity contribution is 0.848. The van der Waals surface area contributed by atoms with Crippen LogP contribution in [0.2, 0.25) is 10.0 Å². The monoisotopic (exact) mass is 400 g/mol. The topological polar surface area (TPSA) is 43.1 Å². The Morgan fingerprint density at radius 1 is 0.885 bits per heavy atom. The van der Waals surface area contributed by atoms with Crippen molar-refractivity contribution < 1.29 is 0 Å². The van der Waals surface area contributed by atoms with Gasteiger partial charge >= 0.3 is 0 Å². The van der Waals surface area contributed by atoms with Crippen LogP contribution in [0.4, 0.5) is 0 Å². The maximum absolute atomic E-state index is 6.03. The summed E-state index contributed by atoms with van der Waals surface area (Å²) in [6.07, 6.45) is 0. The van der Waals surface area contributed by atoms with Gasteiger partial charge < -0.3 is 0 Å². The minimum absolute atomic E-state index is 0.685. The van der Waals surface area contributed by atoms with E-state index in [1.165, 1.54) is 0 Å². The van der Waals surface area contributed by atoms with Gasteiger partial charge in [-0.15, -0.1) is 0 Å². The van der Waals surface area contributed by atoms with Crippen LogP contribution in [0.1, 0.15) is 6.92 Å². The number of halogens is 2. The van der Waals surface area contributed by atoms with E-state index in [9.17, 15) is 0 Å². The molecule has 0 aliphatic rings. The lowest BCUT2D eigenvalue weighted by Crippen LogP contribution is -2.02. The fourth-order valence-corrected chi connectivity index (χ4v) is 3.43. The van der Waals surface area contributed by atoms with Gasteiger partial charge in [-0.2, -0.15) is 9.61 Å². The first kappa shape index (κ1) is 17.3. The van der Waals surface area contributed by atoms with E-state index in [2.05, 4.69) is 11.9 Å². The SMILES string of the molecule is CCSc1nc(-c2ccc(Cl)cc2)n2nc(-c3ccc(Cl)cc3)cc2n1. The van der Waals surface area contributed by atoms with E-state index in [4.69, 9.17) is 33.3 Å². The van der Waals surface area contributed by atoms with Crippen molar-refractivity contribution in [3.63, 3.8) is 0 Å². The van der Waals surface area contributed by atoms with Crippen molar-refractivity contribution in [2.45, 2.75) is 12.1 Å². The Morgan fingerprint density at radius 3 is 2.12 bits per heavy atom. The number of hydrogen-bond acceptors (Lipinski definition) is 4. The van der Waals surface area contributed by atoms with Crippen LogP contribution < -0.4 is 0 Å². The van der Waals surface area contributed by atoms with E-state index < -0.39 is 0 Å².